The molecule has 0 radical (unpaired) electrons. The second-order valence-electron chi connectivity index (χ2n) is 6.60. The number of hydrogen-bond donors (Lipinski definition) is 2. The molecule has 0 bridgehead atoms. The lowest BCUT2D eigenvalue weighted by Crippen LogP contribution is -2.47. The number of rotatable bonds is 8. The molecule has 3 heteroatoms. The molecule has 0 amide bonds. The summed E-state index contributed by atoms with van der Waals surface area (Å²) in [6.07, 6.45) is 5.40. The van der Waals surface area contributed by atoms with Gasteiger partial charge in [0.05, 0.1) is 5.60 Å². The number of nitrogens with zero attached hydrogens (tertiary/aromatic N) is 1. The smallest absolute Gasteiger partial charge is 0.0718 e. The summed E-state index contributed by atoms with van der Waals surface area (Å²) in [4.78, 5) is 2.42. The molecule has 0 aromatic rings. The van der Waals surface area contributed by atoms with Gasteiger partial charge in [-0.3, -0.25) is 0 Å². The molecule has 0 atom stereocenters. The Morgan fingerprint density at radius 1 is 1.22 bits per heavy atom. The Labute approximate surface area is 113 Å². The van der Waals surface area contributed by atoms with Gasteiger partial charge in [-0.25, -0.2) is 0 Å². The van der Waals surface area contributed by atoms with Crippen LogP contribution in [0, 0.1) is 5.41 Å². The fraction of sp³-hybridized carbons (Fsp3) is 1.00. The van der Waals surface area contributed by atoms with Gasteiger partial charge in [-0.1, -0.05) is 26.7 Å². The molecule has 0 heterocycles. The van der Waals surface area contributed by atoms with E-state index in [1.807, 2.05) is 13.8 Å². The Morgan fingerprint density at radius 2 is 1.83 bits per heavy atom. The molecule has 1 fully saturated rings. The molecule has 3 nitrogen and oxygen atoms in total. The van der Waals surface area contributed by atoms with E-state index < -0.39 is 5.60 Å². The van der Waals surface area contributed by atoms with Crippen molar-refractivity contribution in [1.29, 1.82) is 0 Å². The zero-order valence-corrected chi connectivity index (χ0v) is 12.8. The van der Waals surface area contributed by atoms with Crippen LogP contribution in [0.2, 0.25) is 0 Å². The highest BCUT2D eigenvalue weighted by Gasteiger charge is 2.35. The summed E-state index contributed by atoms with van der Waals surface area (Å²) < 4.78 is 0. The zero-order valence-electron chi connectivity index (χ0n) is 12.8. The van der Waals surface area contributed by atoms with E-state index in [9.17, 15) is 5.11 Å². The second kappa shape index (κ2) is 6.88. The lowest BCUT2D eigenvalue weighted by atomic mass is 9.85. The second-order valence-corrected chi connectivity index (χ2v) is 6.60. The third-order valence-corrected chi connectivity index (χ3v) is 4.03. The third-order valence-electron chi connectivity index (χ3n) is 4.03. The van der Waals surface area contributed by atoms with Crippen LogP contribution in [0.1, 0.15) is 53.4 Å². The molecule has 108 valence electrons. The first kappa shape index (κ1) is 15.9. The highest BCUT2D eigenvalue weighted by Crippen LogP contribution is 2.38. The van der Waals surface area contributed by atoms with Gasteiger partial charge in [0, 0.05) is 19.6 Å². The summed E-state index contributed by atoms with van der Waals surface area (Å²) in [6.45, 7) is 13.3. The molecule has 1 aliphatic rings. The fourth-order valence-corrected chi connectivity index (χ4v) is 3.21. The highest BCUT2D eigenvalue weighted by atomic mass is 16.3. The number of likely N-dealkylation sites (N-methyl/N-ethyl adjacent to an activating group) is 1. The topological polar surface area (TPSA) is 35.5 Å². The number of aliphatic hydroxyl groups is 1. The lowest BCUT2D eigenvalue weighted by molar-refractivity contribution is 0.0222. The maximum absolute atomic E-state index is 10.00. The molecular weight excluding hydrogens is 224 g/mol. The first-order valence-corrected chi connectivity index (χ1v) is 7.56. The first-order valence-electron chi connectivity index (χ1n) is 7.56. The SMILES string of the molecule is CCNCC1(CN(CC)CC(C)(C)O)CCCC1. The predicted molar refractivity (Wildman–Crippen MR) is 77.9 cm³/mol. The van der Waals surface area contributed by atoms with Gasteiger partial charge in [0.2, 0.25) is 0 Å². The predicted octanol–water partition coefficient (Wildman–Crippen LogP) is 2.25. The van der Waals surface area contributed by atoms with Crippen molar-refractivity contribution in [1.82, 2.24) is 10.2 Å². The van der Waals surface area contributed by atoms with Gasteiger partial charge in [-0.2, -0.15) is 0 Å². The van der Waals surface area contributed by atoms with E-state index >= 15 is 0 Å². The molecule has 2 N–H and O–H groups in total. The Balaban J connectivity index is 2.57. The van der Waals surface area contributed by atoms with E-state index in [-0.39, 0.29) is 0 Å². The molecule has 0 spiro atoms. The van der Waals surface area contributed by atoms with Crippen molar-refractivity contribution in [3.05, 3.63) is 0 Å². The van der Waals surface area contributed by atoms with E-state index in [1.54, 1.807) is 0 Å². The van der Waals surface area contributed by atoms with E-state index in [0.29, 0.717) is 5.41 Å². The van der Waals surface area contributed by atoms with E-state index in [0.717, 1.165) is 32.7 Å². The number of hydrogen-bond acceptors (Lipinski definition) is 3. The molecule has 0 aliphatic heterocycles. The van der Waals surface area contributed by atoms with Crippen molar-refractivity contribution in [2.75, 3.05) is 32.7 Å². The molecular formula is C15H32N2O. The van der Waals surface area contributed by atoms with Crippen molar-refractivity contribution < 1.29 is 5.11 Å². The Kier molecular flexibility index (Phi) is 6.09. The zero-order chi connectivity index (χ0) is 13.6. The van der Waals surface area contributed by atoms with Gasteiger partial charge in [-0.05, 0) is 45.2 Å². The lowest BCUT2D eigenvalue weighted by Gasteiger charge is -2.37. The summed E-state index contributed by atoms with van der Waals surface area (Å²) in [5.41, 5.74) is -0.148. The van der Waals surface area contributed by atoms with Crippen LogP contribution in [0.3, 0.4) is 0 Å². The maximum Gasteiger partial charge on any atom is 0.0718 e. The van der Waals surface area contributed by atoms with Crippen molar-refractivity contribution in [3.63, 3.8) is 0 Å². The molecule has 18 heavy (non-hydrogen) atoms. The average molecular weight is 256 g/mol. The van der Waals surface area contributed by atoms with Crippen molar-refractivity contribution >= 4 is 0 Å². The summed E-state index contributed by atoms with van der Waals surface area (Å²) in [7, 11) is 0. The van der Waals surface area contributed by atoms with Crippen LogP contribution >= 0.6 is 0 Å². The molecule has 1 rings (SSSR count). The quantitative estimate of drug-likeness (QED) is 0.699. The maximum atomic E-state index is 10.00. The summed E-state index contributed by atoms with van der Waals surface area (Å²) in [6, 6.07) is 0. The summed E-state index contributed by atoms with van der Waals surface area (Å²) in [5.74, 6) is 0. The van der Waals surface area contributed by atoms with Crippen LogP contribution in [0.15, 0.2) is 0 Å². The molecule has 1 saturated carbocycles. The van der Waals surface area contributed by atoms with Gasteiger partial charge in [-0.15, -0.1) is 0 Å². The fourth-order valence-electron chi connectivity index (χ4n) is 3.21. The van der Waals surface area contributed by atoms with Crippen LogP contribution < -0.4 is 5.32 Å². The van der Waals surface area contributed by atoms with Crippen molar-refractivity contribution in [3.8, 4) is 0 Å². The Morgan fingerprint density at radius 3 is 2.28 bits per heavy atom. The average Bonchev–Trinajstić information content (AvgIpc) is 2.73. The first-order chi connectivity index (χ1) is 8.41. The minimum absolute atomic E-state index is 0.442. The number of nitrogens with one attached hydrogen (secondary N) is 1. The Hall–Kier alpha value is -0.120. The third kappa shape index (κ3) is 5.25. The van der Waals surface area contributed by atoms with Crippen molar-refractivity contribution in [2.24, 2.45) is 5.41 Å². The van der Waals surface area contributed by atoms with Crippen LogP contribution in [-0.4, -0.2) is 48.3 Å². The standard InChI is InChI=1S/C15H32N2O/c1-5-16-11-15(9-7-8-10-15)13-17(6-2)12-14(3,4)18/h16,18H,5-13H2,1-4H3. The van der Waals surface area contributed by atoms with Gasteiger partial charge in [0.1, 0.15) is 0 Å². The molecule has 0 aromatic heterocycles. The normalized spacial score (nSPS) is 19.7. The van der Waals surface area contributed by atoms with Gasteiger partial charge < -0.3 is 15.3 Å². The van der Waals surface area contributed by atoms with Crippen LogP contribution in [-0.2, 0) is 0 Å². The van der Waals surface area contributed by atoms with Gasteiger partial charge in [0.25, 0.3) is 0 Å². The van der Waals surface area contributed by atoms with E-state index in [2.05, 4.69) is 24.1 Å². The van der Waals surface area contributed by atoms with Gasteiger partial charge >= 0.3 is 0 Å². The molecule has 0 saturated heterocycles. The summed E-state index contributed by atoms with van der Waals surface area (Å²) in [5, 5.41) is 13.5. The highest BCUT2D eigenvalue weighted by molar-refractivity contribution is 4.90. The molecule has 0 unspecified atom stereocenters. The minimum Gasteiger partial charge on any atom is -0.389 e. The minimum atomic E-state index is -0.589. The van der Waals surface area contributed by atoms with Crippen molar-refractivity contribution in [2.45, 2.75) is 59.0 Å². The largest absolute Gasteiger partial charge is 0.389 e. The molecule has 0 aromatic carbocycles. The van der Waals surface area contributed by atoms with Gasteiger partial charge in [0.15, 0.2) is 0 Å². The summed E-state index contributed by atoms with van der Waals surface area (Å²) >= 11 is 0. The van der Waals surface area contributed by atoms with Crippen LogP contribution in [0.5, 0.6) is 0 Å². The molecule has 1 aliphatic carbocycles. The van der Waals surface area contributed by atoms with Crippen LogP contribution in [0.25, 0.3) is 0 Å². The Bertz CT molecular complexity index is 229. The van der Waals surface area contributed by atoms with Crippen LogP contribution in [0.4, 0.5) is 0 Å². The van der Waals surface area contributed by atoms with E-state index in [4.69, 9.17) is 0 Å². The van der Waals surface area contributed by atoms with E-state index in [1.165, 1.54) is 25.7 Å². The monoisotopic (exact) mass is 256 g/mol.